The van der Waals surface area contributed by atoms with Crippen LogP contribution in [0.5, 0.6) is 0 Å². The first-order valence-corrected chi connectivity index (χ1v) is 9.93. The monoisotopic (exact) mass is 380 g/mol. The van der Waals surface area contributed by atoms with Gasteiger partial charge < -0.3 is 21.1 Å². The summed E-state index contributed by atoms with van der Waals surface area (Å²) < 4.78 is 1.86. The lowest BCUT2D eigenvalue weighted by Gasteiger charge is -2.29. The van der Waals surface area contributed by atoms with Crippen molar-refractivity contribution in [1.82, 2.24) is 19.9 Å². The predicted octanol–water partition coefficient (Wildman–Crippen LogP) is 2.60. The van der Waals surface area contributed by atoms with Crippen molar-refractivity contribution in [3.05, 3.63) is 53.7 Å². The molecule has 0 unspecified atom stereocenters. The highest BCUT2D eigenvalue weighted by molar-refractivity contribution is 5.61. The summed E-state index contributed by atoms with van der Waals surface area (Å²) in [5, 5.41) is 25.1. The summed E-state index contributed by atoms with van der Waals surface area (Å²) >= 11 is 0. The summed E-state index contributed by atoms with van der Waals surface area (Å²) in [4.78, 5) is 4.81. The molecule has 7 nitrogen and oxygen atoms in total. The number of aliphatic hydroxyl groups excluding tert-OH is 1. The van der Waals surface area contributed by atoms with Gasteiger partial charge in [-0.25, -0.2) is 4.98 Å². The molecule has 3 aromatic rings. The molecule has 1 fully saturated rings. The Bertz CT molecular complexity index is 923. The first-order valence-electron chi connectivity index (χ1n) is 9.93. The molecule has 0 spiro atoms. The van der Waals surface area contributed by atoms with Crippen molar-refractivity contribution in [2.45, 2.75) is 44.9 Å². The summed E-state index contributed by atoms with van der Waals surface area (Å²) in [6.07, 6.45) is 2.25. The van der Waals surface area contributed by atoms with Gasteiger partial charge in [0.05, 0.1) is 18.3 Å². The van der Waals surface area contributed by atoms with E-state index in [2.05, 4.69) is 47.0 Å². The molecule has 1 aromatic carbocycles. The Kier molecular flexibility index (Phi) is 5.45. The average molecular weight is 380 g/mol. The Balaban J connectivity index is 1.65. The number of nitrogens with one attached hydrogen (secondary N) is 3. The number of piperidine rings is 1. The molecule has 0 radical (unpaired) electrons. The zero-order valence-electron chi connectivity index (χ0n) is 16.4. The lowest BCUT2D eigenvalue weighted by molar-refractivity contribution is 0.124. The smallest absolute Gasteiger partial charge is 0.163 e. The topological polar surface area (TPSA) is 86.5 Å². The highest BCUT2D eigenvalue weighted by Crippen LogP contribution is 2.25. The molecular formula is C21H28N6O. The van der Waals surface area contributed by atoms with Crippen LogP contribution in [-0.2, 0) is 6.54 Å². The largest absolute Gasteiger partial charge is 0.391 e. The fourth-order valence-electron chi connectivity index (χ4n) is 3.56. The van der Waals surface area contributed by atoms with E-state index < -0.39 is 0 Å². The van der Waals surface area contributed by atoms with Gasteiger partial charge in [-0.05, 0) is 24.4 Å². The third-order valence-electron chi connectivity index (χ3n) is 5.22. The first kappa shape index (κ1) is 18.7. The van der Waals surface area contributed by atoms with Gasteiger partial charge in [0.25, 0.3) is 0 Å². The third-order valence-corrected chi connectivity index (χ3v) is 5.22. The molecule has 0 saturated carbocycles. The number of rotatable bonds is 6. The molecule has 2 aromatic heterocycles. The number of nitrogens with zero attached hydrogens (tertiary/aromatic N) is 3. The van der Waals surface area contributed by atoms with E-state index in [1.807, 2.05) is 35.0 Å². The van der Waals surface area contributed by atoms with Gasteiger partial charge in [0.1, 0.15) is 11.6 Å². The molecule has 7 heteroatoms. The van der Waals surface area contributed by atoms with Gasteiger partial charge >= 0.3 is 0 Å². The molecule has 0 aliphatic carbocycles. The minimum absolute atomic E-state index is 0.0592. The van der Waals surface area contributed by atoms with E-state index in [1.54, 1.807) is 0 Å². The highest BCUT2D eigenvalue weighted by Gasteiger charge is 2.23. The number of aliphatic hydroxyl groups is 1. The van der Waals surface area contributed by atoms with E-state index in [1.165, 1.54) is 5.56 Å². The van der Waals surface area contributed by atoms with Crippen LogP contribution < -0.4 is 16.0 Å². The van der Waals surface area contributed by atoms with E-state index in [0.29, 0.717) is 12.5 Å². The van der Waals surface area contributed by atoms with Crippen molar-refractivity contribution in [2.24, 2.45) is 0 Å². The molecule has 1 aliphatic rings. The fraction of sp³-hybridized carbons (Fsp3) is 0.429. The van der Waals surface area contributed by atoms with Crippen LogP contribution in [0.4, 0.5) is 11.6 Å². The summed E-state index contributed by atoms with van der Waals surface area (Å²) in [7, 11) is 0. The van der Waals surface area contributed by atoms with E-state index >= 15 is 0 Å². The van der Waals surface area contributed by atoms with E-state index in [9.17, 15) is 5.11 Å². The molecule has 1 aliphatic heterocycles. The predicted molar refractivity (Wildman–Crippen MR) is 112 cm³/mol. The fourth-order valence-corrected chi connectivity index (χ4v) is 3.56. The molecular weight excluding hydrogens is 352 g/mol. The van der Waals surface area contributed by atoms with E-state index in [4.69, 9.17) is 4.98 Å². The Labute approximate surface area is 165 Å². The summed E-state index contributed by atoms with van der Waals surface area (Å²) in [6, 6.07) is 12.2. The Morgan fingerprint density at radius 3 is 2.86 bits per heavy atom. The SMILES string of the molecule is CC(C)c1cnn2c(NCc3ccccc3)cc(N[C@@H]3CNCC[C@H]3O)nc12. The zero-order valence-corrected chi connectivity index (χ0v) is 16.4. The van der Waals surface area contributed by atoms with Crippen LogP contribution in [0.25, 0.3) is 5.65 Å². The van der Waals surface area contributed by atoms with Crippen LogP contribution in [0.3, 0.4) is 0 Å². The summed E-state index contributed by atoms with van der Waals surface area (Å²) in [6.45, 7) is 6.55. The number of benzene rings is 1. The van der Waals surface area contributed by atoms with Crippen molar-refractivity contribution in [1.29, 1.82) is 0 Å². The molecule has 0 bridgehead atoms. The van der Waals surface area contributed by atoms with E-state index in [0.717, 1.165) is 42.4 Å². The number of aromatic nitrogens is 3. The second-order valence-corrected chi connectivity index (χ2v) is 7.67. The molecule has 148 valence electrons. The lowest BCUT2D eigenvalue weighted by atomic mass is 10.0. The second-order valence-electron chi connectivity index (χ2n) is 7.67. The van der Waals surface area contributed by atoms with Crippen LogP contribution in [0.15, 0.2) is 42.6 Å². The standard InChI is InChI=1S/C21H28N6O/c1-14(2)16-12-24-27-20(23-11-15-6-4-3-5-7-15)10-19(26-21(16)27)25-17-13-22-9-8-18(17)28/h3-7,10,12,14,17-18,22-23,28H,8-9,11,13H2,1-2H3,(H,25,26)/t17-,18-/m1/s1. The molecule has 4 rings (SSSR count). The maximum atomic E-state index is 10.3. The summed E-state index contributed by atoms with van der Waals surface area (Å²) in [5.41, 5.74) is 3.15. The molecule has 1 saturated heterocycles. The van der Waals surface area contributed by atoms with Crippen molar-refractivity contribution in [3.63, 3.8) is 0 Å². The lowest BCUT2D eigenvalue weighted by Crippen LogP contribution is -2.48. The Hall–Kier alpha value is -2.64. The van der Waals surface area contributed by atoms with Gasteiger partial charge in [0.2, 0.25) is 0 Å². The van der Waals surface area contributed by atoms with Crippen LogP contribution in [0, 0.1) is 0 Å². The average Bonchev–Trinajstić information content (AvgIpc) is 3.13. The highest BCUT2D eigenvalue weighted by atomic mass is 16.3. The third kappa shape index (κ3) is 3.95. The number of anilines is 2. The normalized spacial score (nSPS) is 19.9. The minimum Gasteiger partial charge on any atom is -0.391 e. The van der Waals surface area contributed by atoms with Gasteiger partial charge in [0, 0.05) is 24.7 Å². The van der Waals surface area contributed by atoms with E-state index in [-0.39, 0.29) is 12.1 Å². The van der Waals surface area contributed by atoms with Crippen LogP contribution >= 0.6 is 0 Å². The number of hydrogen-bond donors (Lipinski definition) is 4. The van der Waals surface area contributed by atoms with Gasteiger partial charge in [-0.1, -0.05) is 44.2 Å². The second kappa shape index (κ2) is 8.16. The molecule has 28 heavy (non-hydrogen) atoms. The van der Waals surface area contributed by atoms with Crippen molar-refractivity contribution < 1.29 is 5.11 Å². The molecule has 3 heterocycles. The minimum atomic E-state index is -0.380. The zero-order chi connectivity index (χ0) is 19.5. The van der Waals surface area contributed by atoms with Gasteiger partial charge in [0.15, 0.2) is 5.65 Å². The summed E-state index contributed by atoms with van der Waals surface area (Å²) in [5.74, 6) is 1.95. The van der Waals surface area contributed by atoms with Crippen molar-refractivity contribution >= 4 is 17.3 Å². The van der Waals surface area contributed by atoms with Crippen LogP contribution in [0.1, 0.15) is 37.3 Å². The number of fused-ring (bicyclic) bond motifs is 1. The van der Waals surface area contributed by atoms with Crippen LogP contribution in [-0.4, -0.2) is 44.9 Å². The maximum absolute atomic E-state index is 10.3. The van der Waals surface area contributed by atoms with Crippen molar-refractivity contribution in [2.75, 3.05) is 23.7 Å². The Morgan fingerprint density at radius 2 is 2.11 bits per heavy atom. The molecule has 0 amide bonds. The first-order chi connectivity index (χ1) is 13.6. The number of hydrogen-bond acceptors (Lipinski definition) is 6. The van der Waals surface area contributed by atoms with Crippen LogP contribution in [0.2, 0.25) is 0 Å². The Morgan fingerprint density at radius 1 is 1.29 bits per heavy atom. The van der Waals surface area contributed by atoms with Gasteiger partial charge in [-0.3, -0.25) is 0 Å². The maximum Gasteiger partial charge on any atom is 0.163 e. The molecule has 2 atom stereocenters. The molecule has 4 N–H and O–H groups in total. The van der Waals surface area contributed by atoms with Gasteiger partial charge in [-0.2, -0.15) is 9.61 Å². The van der Waals surface area contributed by atoms with Crippen molar-refractivity contribution in [3.8, 4) is 0 Å². The quantitative estimate of drug-likeness (QED) is 0.526. The van der Waals surface area contributed by atoms with Gasteiger partial charge in [-0.15, -0.1) is 0 Å².